The van der Waals surface area contributed by atoms with Crippen LogP contribution in [0.25, 0.3) is 10.9 Å². The lowest BCUT2D eigenvalue weighted by Gasteiger charge is -2.18. The fourth-order valence-corrected chi connectivity index (χ4v) is 3.70. The zero-order valence-corrected chi connectivity index (χ0v) is 20.8. The fourth-order valence-electron chi connectivity index (χ4n) is 3.70. The van der Waals surface area contributed by atoms with Crippen molar-refractivity contribution in [1.82, 2.24) is 4.57 Å². The molecule has 2 rings (SSSR count). The number of allylic oxidation sites excluding steroid dienone is 3. The van der Waals surface area contributed by atoms with Gasteiger partial charge in [0.1, 0.15) is 13.2 Å². The molecule has 5 nitrogen and oxygen atoms in total. The molecule has 0 aliphatic carbocycles. The third kappa shape index (κ3) is 7.85. The van der Waals surface area contributed by atoms with Crippen LogP contribution in [0.3, 0.4) is 0 Å². The average molecular weight is 453 g/mol. The second-order valence-corrected chi connectivity index (χ2v) is 8.73. The number of nitrogen functional groups attached to an aromatic ring is 1. The van der Waals surface area contributed by atoms with E-state index in [0.29, 0.717) is 24.6 Å². The third-order valence-electron chi connectivity index (χ3n) is 5.53. The monoisotopic (exact) mass is 452 g/mol. The van der Waals surface area contributed by atoms with Crippen LogP contribution in [0.4, 0.5) is 5.69 Å². The van der Waals surface area contributed by atoms with Gasteiger partial charge in [-0.25, -0.2) is 0 Å². The Bertz CT molecular complexity index is 1040. The molecular formula is C28H40N2O3. The van der Waals surface area contributed by atoms with Gasteiger partial charge in [0.15, 0.2) is 5.75 Å². The van der Waals surface area contributed by atoms with Crippen molar-refractivity contribution in [3.63, 3.8) is 0 Å². The number of aryl methyl sites for hydroxylation is 1. The second kappa shape index (κ2) is 13.6. The highest BCUT2D eigenvalue weighted by Gasteiger charge is 2.19. The number of anilines is 1. The zero-order valence-electron chi connectivity index (χ0n) is 20.8. The molecule has 0 saturated carbocycles. The Morgan fingerprint density at radius 1 is 1.06 bits per heavy atom. The minimum Gasteiger partial charge on any atom is -0.485 e. The molecule has 0 spiro atoms. The van der Waals surface area contributed by atoms with Gasteiger partial charge < -0.3 is 19.8 Å². The number of unbranched alkanes of at least 4 members (excludes halogenated alkanes) is 3. The van der Waals surface area contributed by atoms with Crippen molar-refractivity contribution in [3.8, 4) is 11.5 Å². The second-order valence-electron chi connectivity index (χ2n) is 8.73. The van der Waals surface area contributed by atoms with E-state index in [1.54, 1.807) is 10.6 Å². The van der Waals surface area contributed by atoms with E-state index in [0.717, 1.165) is 49.4 Å². The van der Waals surface area contributed by atoms with E-state index in [1.807, 2.05) is 18.2 Å². The number of nitrogens with zero attached hydrogens (tertiary/aromatic N) is 1. The molecule has 0 saturated heterocycles. The van der Waals surface area contributed by atoms with Crippen molar-refractivity contribution in [2.75, 3.05) is 18.9 Å². The summed E-state index contributed by atoms with van der Waals surface area (Å²) < 4.78 is 13.8. The van der Waals surface area contributed by atoms with Gasteiger partial charge in [-0.15, -0.1) is 0 Å². The van der Waals surface area contributed by atoms with Gasteiger partial charge in [-0.3, -0.25) is 4.79 Å². The topological polar surface area (TPSA) is 66.5 Å². The number of hydrogen-bond donors (Lipinski definition) is 1. The van der Waals surface area contributed by atoms with Crippen LogP contribution in [-0.4, -0.2) is 17.8 Å². The zero-order chi connectivity index (χ0) is 24.2. The van der Waals surface area contributed by atoms with E-state index in [-0.39, 0.29) is 17.9 Å². The highest BCUT2D eigenvalue weighted by molar-refractivity contribution is 5.90. The molecule has 33 heavy (non-hydrogen) atoms. The molecule has 0 aliphatic rings. The molecule has 2 N–H and O–H groups in total. The van der Waals surface area contributed by atoms with Crippen LogP contribution in [0.5, 0.6) is 11.5 Å². The van der Waals surface area contributed by atoms with Crippen LogP contribution in [0, 0.1) is 0 Å². The number of pyridine rings is 1. The smallest absolute Gasteiger partial charge is 0.297 e. The number of fused-ring (bicyclic) bond motifs is 1. The van der Waals surface area contributed by atoms with E-state index in [2.05, 4.69) is 46.4 Å². The molecule has 1 aromatic heterocycles. The maximum atomic E-state index is 13.4. The van der Waals surface area contributed by atoms with Crippen molar-refractivity contribution >= 4 is 16.6 Å². The molecule has 0 fully saturated rings. The van der Waals surface area contributed by atoms with Gasteiger partial charge in [0.05, 0.1) is 5.52 Å². The Hall–Kier alpha value is -2.95. The Morgan fingerprint density at radius 3 is 2.52 bits per heavy atom. The van der Waals surface area contributed by atoms with Crippen LogP contribution in [0.15, 0.2) is 58.9 Å². The largest absolute Gasteiger partial charge is 0.485 e. The predicted molar refractivity (Wildman–Crippen MR) is 140 cm³/mol. The number of ether oxygens (including phenoxy) is 2. The molecule has 0 bridgehead atoms. The molecule has 2 aromatic rings. The summed E-state index contributed by atoms with van der Waals surface area (Å²) in [6.07, 6.45) is 12.2. The van der Waals surface area contributed by atoms with Gasteiger partial charge in [-0.05, 0) is 64.3 Å². The van der Waals surface area contributed by atoms with Crippen molar-refractivity contribution in [3.05, 3.63) is 64.5 Å². The van der Waals surface area contributed by atoms with Crippen molar-refractivity contribution in [2.24, 2.45) is 0 Å². The molecule has 5 heteroatoms. The summed E-state index contributed by atoms with van der Waals surface area (Å²) in [7, 11) is 0. The Morgan fingerprint density at radius 2 is 1.82 bits per heavy atom. The molecule has 0 aliphatic heterocycles. The first-order valence-electron chi connectivity index (χ1n) is 12.0. The van der Waals surface area contributed by atoms with Crippen molar-refractivity contribution < 1.29 is 9.47 Å². The first kappa shape index (κ1) is 26.3. The number of benzene rings is 1. The van der Waals surface area contributed by atoms with Gasteiger partial charge in [0.2, 0.25) is 5.75 Å². The number of nitrogens with two attached hydrogens (primary N) is 1. The first-order valence-corrected chi connectivity index (χ1v) is 12.0. The summed E-state index contributed by atoms with van der Waals surface area (Å²) in [4.78, 5) is 13.4. The maximum Gasteiger partial charge on any atom is 0.297 e. The summed E-state index contributed by atoms with van der Waals surface area (Å²) in [5.41, 5.74) is 9.86. The normalized spacial score (nSPS) is 11.5. The van der Waals surface area contributed by atoms with Gasteiger partial charge in [-0.2, -0.15) is 0 Å². The molecule has 0 radical (unpaired) electrons. The summed E-state index contributed by atoms with van der Waals surface area (Å²) in [6.45, 7) is 13.4. The van der Waals surface area contributed by atoms with Gasteiger partial charge >= 0.3 is 0 Å². The lowest BCUT2D eigenvalue weighted by Crippen LogP contribution is -2.24. The van der Waals surface area contributed by atoms with E-state index >= 15 is 0 Å². The molecular weight excluding hydrogens is 412 g/mol. The number of aromatic nitrogens is 1. The molecule has 0 amide bonds. The van der Waals surface area contributed by atoms with Crippen molar-refractivity contribution in [2.45, 2.75) is 72.8 Å². The number of rotatable bonds is 14. The highest BCUT2D eigenvalue weighted by atomic mass is 16.5. The van der Waals surface area contributed by atoms with E-state index in [4.69, 9.17) is 15.2 Å². The van der Waals surface area contributed by atoms with Crippen LogP contribution < -0.4 is 20.8 Å². The minimum absolute atomic E-state index is 0.189. The van der Waals surface area contributed by atoms with E-state index < -0.39 is 0 Å². The lowest BCUT2D eigenvalue weighted by atomic mass is 10.1. The summed E-state index contributed by atoms with van der Waals surface area (Å²) in [5, 5.41) is 0.828. The minimum atomic E-state index is -0.189. The fraction of sp³-hybridized carbons (Fsp3) is 0.464. The quantitative estimate of drug-likeness (QED) is 0.194. The molecule has 0 unspecified atom stereocenters. The van der Waals surface area contributed by atoms with E-state index in [9.17, 15) is 4.79 Å². The standard InChI is InChI=1S/C28H40N2O3/c1-6-8-9-10-17-30-25-20-23(29)14-15-24(25)26(27(28(30)31)32-18-7-2)33-19-16-22(5)13-11-12-21(3)4/h7,12,14-16,20H,2,6,8-11,13,17-19,29H2,1,3-5H3. The molecule has 1 heterocycles. The predicted octanol–water partition coefficient (Wildman–Crippen LogP) is 6.80. The van der Waals surface area contributed by atoms with Crippen LogP contribution in [-0.2, 0) is 6.54 Å². The van der Waals surface area contributed by atoms with Crippen molar-refractivity contribution in [1.29, 1.82) is 0 Å². The Kier molecular flexibility index (Phi) is 10.8. The Balaban J connectivity index is 2.41. The Labute approximate surface area is 198 Å². The van der Waals surface area contributed by atoms with Gasteiger partial charge in [-0.1, -0.05) is 56.1 Å². The van der Waals surface area contributed by atoms with Crippen LogP contribution in [0.2, 0.25) is 0 Å². The third-order valence-corrected chi connectivity index (χ3v) is 5.53. The molecule has 0 atom stereocenters. The summed E-state index contributed by atoms with van der Waals surface area (Å²) >= 11 is 0. The molecule has 180 valence electrons. The van der Waals surface area contributed by atoms with Gasteiger partial charge in [0.25, 0.3) is 5.56 Å². The van der Waals surface area contributed by atoms with Crippen LogP contribution in [0.1, 0.15) is 66.2 Å². The molecule has 1 aromatic carbocycles. The summed E-state index contributed by atoms with van der Waals surface area (Å²) in [6, 6.07) is 5.59. The average Bonchev–Trinajstić information content (AvgIpc) is 2.77. The van der Waals surface area contributed by atoms with Gasteiger partial charge in [0, 0.05) is 17.6 Å². The number of hydrogen-bond acceptors (Lipinski definition) is 4. The lowest BCUT2D eigenvalue weighted by molar-refractivity contribution is 0.304. The van der Waals surface area contributed by atoms with Crippen LogP contribution >= 0.6 is 0 Å². The highest BCUT2D eigenvalue weighted by Crippen LogP contribution is 2.34. The summed E-state index contributed by atoms with van der Waals surface area (Å²) in [5.74, 6) is 0.702. The van der Waals surface area contributed by atoms with E-state index in [1.165, 1.54) is 11.1 Å². The SMILES string of the molecule is C=CCOc1c(OCC=C(C)CCC=C(C)C)c2ccc(N)cc2n(CCCCCC)c1=O. The first-order chi connectivity index (χ1) is 15.9. The maximum absolute atomic E-state index is 13.4.